The van der Waals surface area contributed by atoms with Crippen LogP contribution in [0.2, 0.25) is 0 Å². The number of hydrogen-bond acceptors (Lipinski definition) is 5. The van der Waals surface area contributed by atoms with Crippen molar-refractivity contribution >= 4 is 5.97 Å². The van der Waals surface area contributed by atoms with Crippen molar-refractivity contribution in [2.24, 2.45) is 0 Å². The molecule has 5 heteroatoms. The van der Waals surface area contributed by atoms with E-state index >= 15 is 0 Å². The van der Waals surface area contributed by atoms with Crippen molar-refractivity contribution < 1.29 is 19.0 Å². The van der Waals surface area contributed by atoms with Gasteiger partial charge in [0.1, 0.15) is 6.61 Å². The van der Waals surface area contributed by atoms with Crippen molar-refractivity contribution in [2.45, 2.75) is 110 Å². The fourth-order valence-corrected chi connectivity index (χ4v) is 3.42. The summed E-state index contributed by atoms with van der Waals surface area (Å²) in [5, 5.41) is 3.02. The van der Waals surface area contributed by atoms with E-state index in [1.54, 1.807) is 0 Å². The molecule has 0 radical (unpaired) electrons. The van der Waals surface area contributed by atoms with Crippen LogP contribution in [-0.2, 0) is 19.0 Å². The van der Waals surface area contributed by atoms with Crippen LogP contribution in [0.3, 0.4) is 0 Å². The number of nitrogens with one attached hydrogen (secondary N) is 1. The van der Waals surface area contributed by atoms with Gasteiger partial charge in [-0.1, -0.05) is 96.8 Å². The number of ether oxygens (including phenoxy) is 3. The van der Waals surface area contributed by atoms with Crippen LogP contribution in [0.4, 0.5) is 0 Å². The summed E-state index contributed by atoms with van der Waals surface area (Å²) in [6, 6.07) is 0. The molecule has 0 heterocycles. The van der Waals surface area contributed by atoms with Crippen molar-refractivity contribution in [3.8, 4) is 0 Å². The summed E-state index contributed by atoms with van der Waals surface area (Å²) in [7, 11) is 1.90. The zero-order valence-electron chi connectivity index (χ0n) is 20.2. The zero-order valence-corrected chi connectivity index (χ0v) is 20.2. The predicted molar refractivity (Wildman–Crippen MR) is 126 cm³/mol. The quantitative estimate of drug-likeness (QED) is 0.141. The number of carbonyl (C=O) groups is 1. The van der Waals surface area contributed by atoms with Gasteiger partial charge in [0, 0.05) is 13.0 Å². The number of unbranched alkanes of at least 4 members (excludes halogenated alkanes) is 14. The lowest BCUT2D eigenvalue weighted by molar-refractivity contribution is -0.145. The first-order valence-corrected chi connectivity index (χ1v) is 12.8. The van der Waals surface area contributed by atoms with Crippen molar-refractivity contribution in [1.29, 1.82) is 0 Å². The van der Waals surface area contributed by atoms with Crippen LogP contribution >= 0.6 is 0 Å². The molecule has 0 aliphatic carbocycles. The molecule has 0 atom stereocenters. The highest BCUT2D eigenvalue weighted by Crippen LogP contribution is 2.13. The lowest BCUT2D eigenvalue weighted by Crippen LogP contribution is -2.17. The summed E-state index contributed by atoms with van der Waals surface area (Å²) in [5.74, 6) is -0.0986. The molecule has 0 aromatic rings. The summed E-state index contributed by atoms with van der Waals surface area (Å²) >= 11 is 0. The van der Waals surface area contributed by atoms with Gasteiger partial charge in [0.2, 0.25) is 0 Å². The monoisotopic (exact) mass is 429 g/mol. The number of likely N-dealkylation sites (N-methyl/N-ethyl adjacent to an activating group) is 1. The molecule has 180 valence electrons. The molecule has 0 fully saturated rings. The van der Waals surface area contributed by atoms with Crippen molar-refractivity contribution in [3.63, 3.8) is 0 Å². The van der Waals surface area contributed by atoms with Crippen LogP contribution in [0.25, 0.3) is 0 Å². The summed E-state index contributed by atoms with van der Waals surface area (Å²) in [5.41, 5.74) is 0. The van der Waals surface area contributed by atoms with Gasteiger partial charge in [0.05, 0.1) is 26.4 Å². The van der Waals surface area contributed by atoms with E-state index in [4.69, 9.17) is 14.2 Å². The molecule has 0 aliphatic heterocycles. The van der Waals surface area contributed by atoms with Crippen LogP contribution in [0.5, 0.6) is 0 Å². The molecule has 0 rings (SSSR count). The molecule has 0 aromatic heterocycles. The van der Waals surface area contributed by atoms with E-state index in [1.807, 2.05) is 7.05 Å². The Bertz CT molecular complexity index is 339. The van der Waals surface area contributed by atoms with Crippen molar-refractivity contribution in [1.82, 2.24) is 5.32 Å². The maximum atomic E-state index is 11.7. The minimum Gasteiger partial charge on any atom is -0.463 e. The normalized spacial score (nSPS) is 11.1. The summed E-state index contributed by atoms with van der Waals surface area (Å²) in [4.78, 5) is 11.7. The molecule has 0 bridgehead atoms. The minimum atomic E-state index is -0.0986. The van der Waals surface area contributed by atoms with E-state index in [2.05, 4.69) is 12.2 Å². The third kappa shape index (κ3) is 25.4. The largest absolute Gasteiger partial charge is 0.463 e. The zero-order chi connectivity index (χ0) is 22.0. The second kappa shape index (κ2) is 26.4. The topological polar surface area (TPSA) is 56.8 Å². The van der Waals surface area contributed by atoms with Gasteiger partial charge in [-0.2, -0.15) is 0 Å². The molecule has 0 aromatic carbocycles. The molecule has 0 amide bonds. The fraction of sp³-hybridized carbons (Fsp3) is 0.960. The van der Waals surface area contributed by atoms with E-state index < -0.39 is 0 Å². The Morgan fingerprint density at radius 3 is 1.53 bits per heavy atom. The van der Waals surface area contributed by atoms with Gasteiger partial charge in [-0.15, -0.1) is 0 Å². The van der Waals surface area contributed by atoms with E-state index in [0.29, 0.717) is 39.5 Å². The molecule has 0 aliphatic rings. The Kier molecular flexibility index (Phi) is 25.8. The molecular weight excluding hydrogens is 378 g/mol. The highest BCUT2D eigenvalue weighted by Gasteiger charge is 2.02. The van der Waals surface area contributed by atoms with E-state index in [9.17, 15) is 4.79 Å². The van der Waals surface area contributed by atoms with Gasteiger partial charge in [0.15, 0.2) is 0 Å². The third-order valence-electron chi connectivity index (χ3n) is 5.34. The first kappa shape index (κ1) is 29.4. The van der Waals surface area contributed by atoms with Gasteiger partial charge in [-0.3, -0.25) is 4.79 Å². The highest BCUT2D eigenvalue weighted by atomic mass is 16.6. The second-order valence-electron chi connectivity index (χ2n) is 8.25. The lowest BCUT2D eigenvalue weighted by atomic mass is 10.0. The molecule has 30 heavy (non-hydrogen) atoms. The summed E-state index contributed by atoms with van der Waals surface area (Å²) in [6.45, 7) is 5.72. The molecule has 5 nitrogen and oxygen atoms in total. The van der Waals surface area contributed by atoms with Crippen LogP contribution in [0.1, 0.15) is 110 Å². The van der Waals surface area contributed by atoms with Crippen LogP contribution < -0.4 is 5.32 Å². The number of rotatable bonds is 25. The maximum Gasteiger partial charge on any atom is 0.305 e. The van der Waals surface area contributed by atoms with Crippen LogP contribution in [-0.4, -0.2) is 52.6 Å². The lowest BCUT2D eigenvalue weighted by Gasteiger charge is -2.07. The fourth-order valence-electron chi connectivity index (χ4n) is 3.42. The van der Waals surface area contributed by atoms with Crippen LogP contribution in [0.15, 0.2) is 0 Å². The number of hydrogen-bond donors (Lipinski definition) is 1. The minimum absolute atomic E-state index is 0.0986. The molecule has 0 saturated heterocycles. The Morgan fingerprint density at radius 1 is 0.600 bits per heavy atom. The Hall–Kier alpha value is -0.650. The predicted octanol–water partition coefficient (Wildman–Crippen LogP) is 6.04. The Balaban J connectivity index is 3.12. The first-order chi connectivity index (χ1) is 14.8. The SMILES string of the molecule is CCCCCCCCCCCCCCCCCC(=O)OCCOCCOCCNC. The molecular formula is C25H51NO4. The summed E-state index contributed by atoms with van der Waals surface area (Å²) in [6.07, 6.45) is 20.6. The van der Waals surface area contributed by atoms with Crippen molar-refractivity contribution in [2.75, 3.05) is 46.6 Å². The molecule has 0 unspecified atom stereocenters. The Morgan fingerprint density at radius 2 is 1.03 bits per heavy atom. The van der Waals surface area contributed by atoms with E-state index in [-0.39, 0.29) is 5.97 Å². The van der Waals surface area contributed by atoms with Gasteiger partial charge in [0.25, 0.3) is 0 Å². The van der Waals surface area contributed by atoms with Gasteiger partial charge in [-0.05, 0) is 13.5 Å². The average molecular weight is 430 g/mol. The number of esters is 1. The molecule has 0 spiro atoms. The van der Waals surface area contributed by atoms with E-state index in [0.717, 1.165) is 19.4 Å². The standard InChI is InChI=1S/C25H51NO4/c1-3-4-5-6-7-8-9-10-11-12-13-14-15-16-17-18-25(27)30-24-23-29-22-21-28-20-19-26-2/h26H,3-24H2,1-2H3. The van der Waals surface area contributed by atoms with Crippen molar-refractivity contribution in [3.05, 3.63) is 0 Å². The highest BCUT2D eigenvalue weighted by molar-refractivity contribution is 5.69. The van der Waals surface area contributed by atoms with Gasteiger partial charge < -0.3 is 19.5 Å². The summed E-state index contributed by atoms with van der Waals surface area (Å²) < 4.78 is 15.9. The second-order valence-corrected chi connectivity index (χ2v) is 8.25. The van der Waals surface area contributed by atoms with Gasteiger partial charge >= 0.3 is 5.97 Å². The number of carbonyl (C=O) groups excluding carboxylic acids is 1. The third-order valence-corrected chi connectivity index (χ3v) is 5.34. The molecule has 0 saturated carbocycles. The maximum absolute atomic E-state index is 11.7. The smallest absolute Gasteiger partial charge is 0.305 e. The van der Waals surface area contributed by atoms with E-state index in [1.165, 1.54) is 83.5 Å². The first-order valence-electron chi connectivity index (χ1n) is 12.8. The average Bonchev–Trinajstić information content (AvgIpc) is 2.75. The van der Waals surface area contributed by atoms with Crippen LogP contribution in [0, 0.1) is 0 Å². The molecule has 1 N–H and O–H groups in total. The van der Waals surface area contributed by atoms with Gasteiger partial charge in [-0.25, -0.2) is 0 Å². The Labute approximate surface area is 187 Å².